The Morgan fingerprint density at radius 3 is 2.56 bits per heavy atom. The Hall–Kier alpha value is -2.32. The van der Waals surface area contributed by atoms with Gasteiger partial charge in [-0.3, -0.25) is 4.79 Å². The highest BCUT2D eigenvalue weighted by Gasteiger charge is 2.27. The van der Waals surface area contributed by atoms with Gasteiger partial charge in [-0.05, 0) is 43.2 Å². The Balaban J connectivity index is 1.88. The van der Waals surface area contributed by atoms with Crippen molar-refractivity contribution < 1.29 is 22.4 Å². The number of piperidine rings is 1. The number of anilines is 1. The number of carbonyl (C=O) groups excluding carboxylic acids is 1. The van der Waals surface area contributed by atoms with Crippen LogP contribution in [0.3, 0.4) is 0 Å². The van der Waals surface area contributed by atoms with E-state index >= 15 is 0 Å². The number of ether oxygens (including phenoxy) is 1. The van der Waals surface area contributed by atoms with E-state index in [1.165, 1.54) is 23.5 Å². The second kappa shape index (κ2) is 8.14. The molecule has 1 fully saturated rings. The number of methoxy groups -OCH3 is 1. The molecule has 1 aliphatic rings. The molecule has 0 aliphatic carbocycles. The van der Waals surface area contributed by atoms with Crippen molar-refractivity contribution in [2.24, 2.45) is 0 Å². The minimum Gasteiger partial charge on any atom is -0.495 e. The number of furan rings is 1. The minimum atomic E-state index is -3.61. The highest BCUT2D eigenvalue weighted by atomic mass is 32.2. The summed E-state index contributed by atoms with van der Waals surface area (Å²) in [6.07, 6.45) is 3.44. The zero-order chi connectivity index (χ0) is 19.4. The van der Waals surface area contributed by atoms with E-state index in [9.17, 15) is 13.2 Å². The minimum absolute atomic E-state index is 0.134. The van der Waals surface area contributed by atoms with Crippen molar-refractivity contribution in [3.05, 3.63) is 41.9 Å². The summed E-state index contributed by atoms with van der Waals surface area (Å²) in [4.78, 5) is 12.6. The lowest BCUT2D eigenvalue weighted by Crippen LogP contribution is -2.35. The van der Waals surface area contributed by atoms with Crippen LogP contribution in [-0.2, 0) is 16.4 Å². The summed E-state index contributed by atoms with van der Waals surface area (Å²) in [6.45, 7) is 2.96. The lowest BCUT2D eigenvalue weighted by molar-refractivity contribution is 0.0994. The maximum Gasteiger partial charge on any atom is 0.291 e. The highest BCUT2D eigenvalue weighted by molar-refractivity contribution is 7.89. The number of hydrogen-bond acceptors (Lipinski definition) is 5. The number of nitrogens with one attached hydrogen (secondary N) is 1. The van der Waals surface area contributed by atoms with E-state index in [1.54, 1.807) is 18.2 Å². The lowest BCUT2D eigenvalue weighted by Gasteiger charge is -2.26. The number of aryl methyl sites for hydroxylation is 1. The van der Waals surface area contributed by atoms with Crippen LogP contribution in [0, 0.1) is 0 Å². The van der Waals surface area contributed by atoms with E-state index in [-0.39, 0.29) is 16.3 Å². The Kier molecular flexibility index (Phi) is 5.86. The summed E-state index contributed by atoms with van der Waals surface area (Å²) in [7, 11) is -2.14. The summed E-state index contributed by atoms with van der Waals surface area (Å²) < 4.78 is 38.0. The van der Waals surface area contributed by atoms with Gasteiger partial charge in [0.25, 0.3) is 5.91 Å². The van der Waals surface area contributed by atoms with Crippen LogP contribution in [0.1, 0.15) is 42.5 Å². The van der Waals surface area contributed by atoms with Crippen LogP contribution >= 0.6 is 0 Å². The predicted molar refractivity (Wildman–Crippen MR) is 102 cm³/mol. The molecule has 8 heteroatoms. The molecule has 1 aliphatic heterocycles. The number of hydrogen-bond donors (Lipinski definition) is 1. The van der Waals surface area contributed by atoms with Crippen molar-refractivity contribution >= 4 is 21.6 Å². The topological polar surface area (TPSA) is 88.9 Å². The van der Waals surface area contributed by atoms with Crippen molar-refractivity contribution in [1.29, 1.82) is 0 Å². The smallest absolute Gasteiger partial charge is 0.291 e. The molecule has 0 saturated carbocycles. The van der Waals surface area contributed by atoms with Crippen LogP contribution in [0.4, 0.5) is 5.69 Å². The van der Waals surface area contributed by atoms with E-state index < -0.39 is 15.9 Å². The van der Waals surface area contributed by atoms with Gasteiger partial charge in [0.15, 0.2) is 5.76 Å². The van der Waals surface area contributed by atoms with Gasteiger partial charge >= 0.3 is 0 Å². The molecule has 2 aromatic rings. The average molecular weight is 392 g/mol. The van der Waals surface area contributed by atoms with Crippen molar-refractivity contribution in [3.8, 4) is 5.75 Å². The molecule has 1 saturated heterocycles. The summed E-state index contributed by atoms with van der Waals surface area (Å²) in [5.74, 6) is 0.787. The molecule has 1 N–H and O–H groups in total. The highest BCUT2D eigenvalue weighted by Crippen LogP contribution is 2.30. The molecule has 2 heterocycles. The molecule has 0 spiro atoms. The molecule has 146 valence electrons. The Bertz CT molecular complexity index is 914. The van der Waals surface area contributed by atoms with Gasteiger partial charge in [-0.1, -0.05) is 13.3 Å². The van der Waals surface area contributed by atoms with Gasteiger partial charge < -0.3 is 14.5 Å². The zero-order valence-electron chi connectivity index (χ0n) is 15.5. The Morgan fingerprint density at radius 1 is 1.19 bits per heavy atom. The van der Waals surface area contributed by atoms with Gasteiger partial charge in [0.1, 0.15) is 11.5 Å². The van der Waals surface area contributed by atoms with Gasteiger partial charge in [-0.2, -0.15) is 4.31 Å². The SMILES string of the molecule is CCc1ccc(C(=O)Nc2cc(S(=O)(=O)N3CCCCC3)ccc2OC)o1. The van der Waals surface area contributed by atoms with Crippen molar-refractivity contribution in [3.63, 3.8) is 0 Å². The lowest BCUT2D eigenvalue weighted by atomic mass is 10.2. The fraction of sp³-hybridized carbons (Fsp3) is 0.421. The van der Waals surface area contributed by atoms with E-state index in [4.69, 9.17) is 9.15 Å². The van der Waals surface area contributed by atoms with Gasteiger partial charge in [0, 0.05) is 19.5 Å². The quantitative estimate of drug-likeness (QED) is 0.815. The fourth-order valence-corrected chi connectivity index (χ4v) is 4.62. The number of sulfonamides is 1. The third-order valence-corrected chi connectivity index (χ3v) is 6.50. The molecule has 1 amide bonds. The van der Waals surface area contributed by atoms with Crippen molar-refractivity contribution in [2.45, 2.75) is 37.5 Å². The summed E-state index contributed by atoms with van der Waals surface area (Å²) in [6, 6.07) is 7.81. The van der Waals surface area contributed by atoms with Gasteiger partial charge in [0.2, 0.25) is 10.0 Å². The molecule has 0 atom stereocenters. The zero-order valence-corrected chi connectivity index (χ0v) is 16.3. The molecule has 27 heavy (non-hydrogen) atoms. The first kappa shape index (κ1) is 19.4. The van der Waals surface area contributed by atoms with E-state index in [0.717, 1.165) is 19.3 Å². The van der Waals surface area contributed by atoms with Crippen LogP contribution in [0.25, 0.3) is 0 Å². The van der Waals surface area contributed by atoms with Crippen molar-refractivity contribution in [2.75, 3.05) is 25.5 Å². The first-order valence-electron chi connectivity index (χ1n) is 9.04. The summed E-state index contributed by atoms with van der Waals surface area (Å²) >= 11 is 0. The largest absolute Gasteiger partial charge is 0.495 e. The molecule has 1 aromatic carbocycles. The summed E-state index contributed by atoms with van der Waals surface area (Å²) in [5.41, 5.74) is 0.287. The van der Waals surface area contributed by atoms with Crippen molar-refractivity contribution in [1.82, 2.24) is 4.31 Å². The molecule has 0 unspecified atom stereocenters. The van der Waals surface area contributed by atoms with Crippen LogP contribution < -0.4 is 10.1 Å². The molecular formula is C19H24N2O5S. The third kappa shape index (κ3) is 4.17. The van der Waals surface area contributed by atoms with E-state index in [2.05, 4.69) is 5.32 Å². The maximum atomic E-state index is 12.9. The number of nitrogens with zero attached hydrogens (tertiary/aromatic N) is 1. The summed E-state index contributed by atoms with van der Waals surface area (Å²) in [5, 5.41) is 2.69. The van der Waals surface area contributed by atoms with Gasteiger partial charge in [-0.15, -0.1) is 0 Å². The molecule has 0 radical (unpaired) electrons. The third-order valence-electron chi connectivity index (χ3n) is 4.61. The van der Waals surface area contributed by atoms with Gasteiger partial charge in [0.05, 0.1) is 17.7 Å². The average Bonchev–Trinajstić information content (AvgIpc) is 3.18. The Morgan fingerprint density at radius 2 is 1.93 bits per heavy atom. The monoisotopic (exact) mass is 392 g/mol. The Labute approximate surface area is 159 Å². The van der Waals surface area contributed by atoms with E-state index in [0.29, 0.717) is 31.0 Å². The number of amides is 1. The van der Waals surface area contributed by atoms with Crippen LogP contribution in [0.2, 0.25) is 0 Å². The van der Waals surface area contributed by atoms with Crippen LogP contribution in [0.15, 0.2) is 39.6 Å². The molecular weight excluding hydrogens is 368 g/mol. The standard InChI is InChI=1S/C19H24N2O5S/c1-3-14-7-9-18(26-14)19(22)20-16-13-15(8-10-17(16)25-2)27(23,24)21-11-5-4-6-12-21/h7-10,13H,3-6,11-12H2,1-2H3,(H,20,22). The number of rotatable bonds is 6. The van der Waals surface area contributed by atoms with E-state index in [1.807, 2.05) is 6.92 Å². The van der Waals surface area contributed by atoms with Crippen LogP contribution in [-0.4, -0.2) is 38.8 Å². The first-order chi connectivity index (χ1) is 13.0. The second-order valence-corrected chi connectivity index (χ2v) is 8.34. The number of carbonyl (C=O) groups is 1. The normalized spacial score (nSPS) is 15.5. The predicted octanol–water partition coefficient (Wildman–Crippen LogP) is 3.28. The molecule has 7 nitrogen and oxygen atoms in total. The van der Waals surface area contributed by atoms with Gasteiger partial charge in [-0.25, -0.2) is 8.42 Å². The molecule has 1 aromatic heterocycles. The molecule has 3 rings (SSSR count). The second-order valence-electron chi connectivity index (χ2n) is 6.40. The molecule has 0 bridgehead atoms. The fourth-order valence-electron chi connectivity index (χ4n) is 3.07. The maximum absolute atomic E-state index is 12.9. The number of benzene rings is 1. The van der Waals surface area contributed by atoms with Crippen LogP contribution in [0.5, 0.6) is 5.75 Å². The first-order valence-corrected chi connectivity index (χ1v) is 10.5.